The zero-order valence-electron chi connectivity index (χ0n) is 18.0. The first kappa shape index (κ1) is 24.8. The topological polar surface area (TPSA) is 141 Å². The van der Waals surface area contributed by atoms with Crippen molar-refractivity contribution in [3.05, 3.63) is 35.9 Å². The van der Waals surface area contributed by atoms with Crippen LogP contribution in [-0.4, -0.2) is 67.2 Å². The van der Waals surface area contributed by atoms with Crippen LogP contribution in [0.15, 0.2) is 30.3 Å². The van der Waals surface area contributed by atoms with E-state index < -0.39 is 67.2 Å². The van der Waals surface area contributed by atoms with E-state index in [9.17, 15) is 24.0 Å². The zero-order chi connectivity index (χ0) is 23.8. The lowest BCUT2D eigenvalue weighted by Gasteiger charge is -2.43. The number of esters is 5. The Morgan fingerprint density at radius 2 is 1.25 bits per heavy atom. The Kier molecular flexibility index (Phi) is 8.71. The molecule has 0 aromatic heterocycles. The highest BCUT2D eigenvalue weighted by molar-refractivity contribution is 5.89. The average Bonchev–Trinajstić information content (AvgIpc) is 2.70. The van der Waals surface area contributed by atoms with Gasteiger partial charge in [0.1, 0.15) is 12.7 Å². The predicted molar refractivity (Wildman–Crippen MR) is 104 cm³/mol. The Morgan fingerprint density at radius 1 is 0.719 bits per heavy atom. The standard InChI is InChI=1S/C21H24O11/c1-11(22)27-10-16-17(28-12(2)23)18(29-13(3)24)19(30-14(4)25)21(31-16)32-20(26)15-8-6-5-7-9-15/h5-9,16-19,21H,10H2,1-4H3/t16-,17-,18+,19-,21+/m1/s1. The van der Waals surface area contributed by atoms with Crippen LogP contribution in [0.3, 0.4) is 0 Å². The summed E-state index contributed by atoms with van der Waals surface area (Å²) in [6, 6.07) is 7.92. The van der Waals surface area contributed by atoms with Gasteiger partial charge in [0.15, 0.2) is 12.2 Å². The molecular weight excluding hydrogens is 428 g/mol. The lowest BCUT2D eigenvalue weighted by atomic mass is 9.98. The number of hydrogen-bond donors (Lipinski definition) is 0. The van der Waals surface area contributed by atoms with E-state index in [2.05, 4.69) is 0 Å². The van der Waals surface area contributed by atoms with Gasteiger partial charge in [0.05, 0.1) is 5.56 Å². The Morgan fingerprint density at radius 3 is 1.78 bits per heavy atom. The monoisotopic (exact) mass is 452 g/mol. The van der Waals surface area contributed by atoms with Gasteiger partial charge in [0.25, 0.3) is 0 Å². The van der Waals surface area contributed by atoms with Crippen molar-refractivity contribution >= 4 is 29.8 Å². The number of carbonyl (C=O) groups is 5. The first-order chi connectivity index (χ1) is 15.1. The van der Waals surface area contributed by atoms with Gasteiger partial charge >= 0.3 is 29.8 Å². The van der Waals surface area contributed by atoms with Crippen molar-refractivity contribution < 1.29 is 52.4 Å². The first-order valence-electron chi connectivity index (χ1n) is 9.65. The largest absolute Gasteiger partial charge is 0.463 e. The summed E-state index contributed by atoms with van der Waals surface area (Å²) in [5.74, 6) is -3.81. The van der Waals surface area contributed by atoms with Crippen molar-refractivity contribution in [1.82, 2.24) is 0 Å². The molecule has 0 saturated carbocycles. The summed E-state index contributed by atoms with van der Waals surface area (Å²) in [5, 5.41) is 0. The van der Waals surface area contributed by atoms with E-state index in [1.807, 2.05) is 0 Å². The number of benzene rings is 1. The van der Waals surface area contributed by atoms with Crippen molar-refractivity contribution in [3.63, 3.8) is 0 Å². The van der Waals surface area contributed by atoms with Crippen molar-refractivity contribution in [1.29, 1.82) is 0 Å². The van der Waals surface area contributed by atoms with Gasteiger partial charge in [-0.25, -0.2) is 4.79 Å². The van der Waals surface area contributed by atoms with E-state index in [1.165, 1.54) is 12.1 Å². The van der Waals surface area contributed by atoms with E-state index in [0.29, 0.717) is 0 Å². The van der Waals surface area contributed by atoms with Crippen LogP contribution in [0.4, 0.5) is 0 Å². The molecule has 1 heterocycles. The molecule has 32 heavy (non-hydrogen) atoms. The second-order valence-electron chi connectivity index (χ2n) is 6.84. The fourth-order valence-electron chi connectivity index (χ4n) is 3.03. The van der Waals surface area contributed by atoms with Gasteiger partial charge in [-0.05, 0) is 12.1 Å². The summed E-state index contributed by atoms with van der Waals surface area (Å²) < 4.78 is 31.8. The molecule has 0 aliphatic carbocycles. The molecule has 1 aliphatic rings. The molecule has 0 amide bonds. The van der Waals surface area contributed by atoms with Gasteiger partial charge in [0.2, 0.25) is 12.4 Å². The average molecular weight is 452 g/mol. The molecule has 0 spiro atoms. The van der Waals surface area contributed by atoms with Crippen LogP contribution in [0.1, 0.15) is 38.1 Å². The summed E-state index contributed by atoms with van der Waals surface area (Å²) in [6.45, 7) is 4.03. The van der Waals surface area contributed by atoms with Crippen molar-refractivity contribution in [2.45, 2.75) is 58.4 Å². The minimum atomic E-state index is -1.57. The third-order valence-corrected chi connectivity index (χ3v) is 4.18. The SMILES string of the molecule is CC(=O)OC[C@H]1O[C@@H](OC(=O)c2ccccc2)[C@H](OC(C)=O)[C@@H](OC(C)=O)[C@@H]1OC(C)=O. The number of rotatable bonds is 7. The molecule has 0 bridgehead atoms. The van der Waals surface area contributed by atoms with Crippen molar-refractivity contribution in [3.8, 4) is 0 Å². The maximum atomic E-state index is 12.6. The van der Waals surface area contributed by atoms with Crippen LogP contribution < -0.4 is 0 Å². The molecule has 5 atom stereocenters. The zero-order valence-corrected chi connectivity index (χ0v) is 18.0. The number of hydrogen-bond acceptors (Lipinski definition) is 11. The molecule has 11 nitrogen and oxygen atoms in total. The highest BCUT2D eigenvalue weighted by Crippen LogP contribution is 2.30. The van der Waals surface area contributed by atoms with Gasteiger partial charge in [-0.15, -0.1) is 0 Å². The van der Waals surface area contributed by atoms with E-state index in [-0.39, 0.29) is 5.56 Å². The van der Waals surface area contributed by atoms with E-state index in [0.717, 1.165) is 27.7 Å². The minimum Gasteiger partial charge on any atom is -0.463 e. The second kappa shape index (κ2) is 11.2. The molecule has 1 fully saturated rings. The number of ether oxygens (including phenoxy) is 6. The first-order valence-corrected chi connectivity index (χ1v) is 9.65. The third kappa shape index (κ3) is 7.05. The van der Waals surface area contributed by atoms with Crippen molar-refractivity contribution in [2.24, 2.45) is 0 Å². The molecule has 2 rings (SSSR count). The Labute approximate surface area is 183 Å². The number of carbonyl (C=O) groups excluding carboxylic acids is 5. The van der Waals surface area contributed by atoms with Gasteiger partial charge < -0.3 is 28.4 Å². The second-order valence-corrected chi connectivity index (χ2v) is 6.84. The molecule has 1 aromatic rings. The lowest BCUT2D eigenvalue weighted by molar-refractivity contribution is -0.294. The van der Waals surface area contributed by atoms with E-state index in [4.69, 9.17) is 28.4 Å². The maximum Gasteiger partial charge on any atom is 0.340 e. The molecule has 1 aromatic carbocycles. The maximum absolute atomic E-state index is 12.6. The summed E-state index contributed by atoms with van der Waals surface area (Å²) >= 11 is 0. The van der Waals surface area contributed by atoms with Crippen LogP contribution >= 0.6 is 0 Å². The summed E-state index contributed by atoms with van der Waals surface area (Å²) in [4.78, 5) is 59.1. The van der Waals surface area contributed by atoms with Gasteiger partial charge in [-0.2, -0.15) is 0 Å². The van der Waals surface area contributed by atoms with Crippen LogP contribution in [0, 0.1) is 0 Å². The molecule has 0 N–H and O–H groups in total. The summed E-state index contributed by atoms with van der Waals surface area (Å²) in [5.41, 5.74) is 0.181. The molecule has 0 radical (unpaired) electrons. The molecule has 0 unspecified atom stereocenters. The highest BCUT2D eigenvalue weighted by atomic mass is 16.7. The Bertz CT molecular complexity index is 851. The van der Waals surface area contributed by atoms with Crippen molar-refractivity contribution in [2.75, 3.05) is 6.61 Å². The fourth-order valence-corrected chi connectivity index (χ4v) is 3.03. The predicted octanol–water partition coefficient (Wildman–Crippen LogP) is 0.926. The third-order valence-electron chi connectivity index (χ3n) is 4.18. The van der Waals surface area contributed by atoms with E-state index >= 15 is 0 Å². The molecule has 1 aliphatic heterocycles. The smallest absolute Gasteiger partial charge is 0.340 e. The molecule has 174 valence electrons. The summed E-state index contributed by atoms with van der Waals surface area (Å²) in [6.07, 6.45) is -6.98. The molecule has 11 heteroatoms. The molecule has 1 saturated heterocycles. The van der Waals surface area contributed by atoms with Gasteiger partial charge in [0, 0.05) is 27.7 Å². The van der Waals surface area contributed by atoms with Gasteiger partial charge in [-0.3, -0.25) is 19.2 Å². The quantitative estimate of drug-likeness (QED) is 0.431. The summed E-state index contributed by atoms with van der Waals surface area (Å²) in [7, 11) is 0. The Hall–Kier alpha value is -3.47. The fraction of sp³-hybridized carbons (Fsp3) is 0.476. The van der Waals surface area contributed by atoms with Crippen LogP contribution in [-0.2, 0) is 47.6 Å². The van der Waals surface area contributed by atoms with E-state index in [1.54, 1.807) is 18.2 Å². The highest BCUT2D eigenvalue weighted by Gasteiger charge is 2.53. The van der Waals surface area contributed by atoms with Crippen LogP contribution in [0.5, 0.6) is 0 Å². The normalized spacial score (nSPS) is 24.6. The Balaban J connectivity index is 2.42. The van der Waals surface area contributed by atoms with Crippen LogP contribution in [0.2, 0.25) is 0 Å². The lowest BCUT2D eigenvalue weighted by Crippen LogP contribution is -2.63. The minimum absolute atomic E-state index is 0.181. The van der Waals surface area contributed by atoms with Gasteiger partial charge in [-0.1, -0.05) is 18.2 Å². The molecular formula is C21H24O11. The van der Waals surface area contributed by atoms with Crippen LogP contribution in [0.25, 0.3) is 0 Å².